The maximum absolute atomic E-state index is 12.5. The molecule has 0 radical (unpaired) electrons. The molecule has 0 bridgehead atoms. The first-order valence-electron chi connectivity index (χ1n) is 11.2. The molecule has 0 aliphatic heterocycles. The SMILES string of the molecule is CCOc1ccc(/C=N/NC(=O)CSc2nnc(-c3ccc(Cl)cc3)n2-c2ccc(Cl)cc2)cc1OC. The predicted molar refractivity (Wildman–Crippen MR) is 147 cm³/mol. The number of methoxy groups -OCH3 is 1. The van der Waals surface area contributed by atoms with Crippen LogP contribution in [0.4, 0.5) is 0 Å². The van der Waals surface area contributed by atoms with Crippen LogP contribution in [0.25, 0.3) is 17.1 Å². The highest BCUT2D eigenvalue weighted by atomic mass is 35.5. The number of aromatic nitrogens is 3. The largest absolute Gasteiger partial charge is 0.493 e. The Bertz CT molecular complexity index is 1390. The quantitative estimate of drug-likeness (QED) is 0.149. The van der Waals surface area contributed by atoms with Gasteiger partial charge in [-0.05, 0) is 79.2 Å². The van der Waals surface area contributed by atoms with E-state index in [-0.39, 0.29) is 11.7 Å². The molecule has 8 nitrogen and oxygen atoms in total. The minimum atomic E-state index is -0.294. The molecule has 4 aromatic rings. The number of benzene rings is 3. The Labute approximate surface area is 228 Å². The molecule has 1 aromatic heterocycles. The van der Waals surface area contributed by atoms with Crippen LogP contribution in [0.15, 0.2) is 77.0 Å². The summed E-state index contributed by atoms with van der Waals surface area (Å²) in [5, 5.41) is 14.5. The van der Waals surface area contributed by atoms with Crippen LogP contribution in [0.2, 0.25) is 10.0 Å². The number of amides is 1. The molecule has 190 valence electrons. The van der Waals surface area contributed by atoms with Gasteiger partial charge >= 0.3 is 0 Å². The number of hydrazone groups is 1. The third-order valence-electron chi connectivity index (χ3n) is 5.04. The van der Waals surface area contributed by atoms with Gasteiger partial charge in [0.15, 0.2) is 22.5 Å². The molecule has 0 atom stereocenters. The molecule has 37 heavy (non-hydrogen) atoms. The maximum atomic E-state index is 12.5. The van der Waals surface area contributed by atoms with Gasteiger partial charge in [0.1, 0.15) is 0 Å². The molecular weight excluding hydrogens is 533 g/mol. The molecular formula is C26H23Cl2N5O3S. The zero-order valence-corrected chi connectivity index (χ0v) is 22.3. The lowest BCUT2D eigenvalue weighted by Gasteiger charge is -2.10. The fourth-order valence-electron chi connectivity index (χ4n) is 3.35. The van der Waals surface area contributed by atoms with Gasteiger partial charge in [-0.2, -0.15) is 5.10 Å². The zero-order chi connectivity index (χ0) is 26.2. The standard InChI is InChI=1S/C26H23Cl2N5O3S/c1-3-36-22-13-4-17(14-23(22)35-2)15-29-30-24(34)16-37-26-32-31-25(18-5-7-19(27)8-6-18)33(26)21-11-9-20(28)10-12-21/h4-15H,3,16H2,1-2H3,(H,30,34)/b29-15+. The molecule has 4 rings (SSSR count). The molecule has 0 spiro atoms. The van der Waals surface area contributed by atoms with Crippen molar-refractivity contribution in [3.05, 3.63) is 82.3 Å². The summed E-state index contributed by atoms with van der Waals surface area (Å²) in [4.78, 5) is 12.5. The van der Waals surface area contributed by atoms with Crippen LogP contribution in [0.1, 0.15) is 12.5 Å². The first kappa shape index (κ1) is 26.5. The number of nitrogens with one attached hydrogen (secondary N) is 1. The van der Waals surface area contributed by atoms with E-state index in [0.29, 0.717) is 39.1 Å². The number of hydrogen-bond donors (Lipinski definition) is 1. The lowest BCUT2D eigenvalue weighted by Crippen LogP contribution is -2.20. The van der Waals surface area contributed by atoms with Crippen LogP contribution < -0.4 is 14.9 Å². The second-order valence-electron chi connectivity index (χ2n) is 7.55. The average Bonchev–Trinajstić information content (AvgIpc) is 3.33. The van der Waals surface area contributed by atoms with E-state index in [1.54, 1.807) is 43.5 Å². The molecule has 0 saturated heterocycles. The smallest absolute Gasteiger partial charge is 0.250 e. The van der Waals surface area contributed by atoms with Gasteiger partial charge in [-0.25, -0.2) is 5.43 Å². The van der Waals surface area contributed by atoms with Gasteiger partial charge < -0.3 is 9.47 Å². The fraction of sp³-hybridized carbons (Fsp3) is 0.154. The Morgan fingerprint density at radius 2 is 1.73 bits per heavy atom. The van der Waals surface area contributed by atoms with Crippen LogP contribution in [-0.2, 0) is 4.79 Å². The van der Waals surface area contributed by atoms with Crippen LogP contribution in [0.5, 0.6) is 11.5 Å². The van der Waals surface area contributed by atoms with Gasteiger partial charge in [0.2, 0.25) is 0 Å². The summed E-state index contributed by atoms with van der Waals surface area (Å²) in [6.45, 7) is 2.43. The number of thioether (sulfide) groups is 1. The lowest BCUT2D eigenvalue weighted by molar-refractivity contribution is -0.118. The van der Waals surface area contributed by atoms with Crippen molar-refractivity contribution < 1.29 is 14.3 Å². The minimum Gasteiger partial charge on any atom is -0.493 e. The molecule has 0 unspecified atom stereocenters. The number of carbonyl (C=O) groups excluding carboxylic acids is 1. The van der Waals surface area contributed by atoms with Crippen molar-refractivity contribution in [3.63, 3.8) is 0 Å². The topological polar surface area (TPSA) is 90.6 Å². The van der Waals surface area contributed by atoms with Crippen molar-refractivity contribution in [2.75, 3.05) is 19.5 Å². The van der Waals surface area contributed by atoms with Gasteiger partial charge in [0.25, 0.3) is 5.91 Å². The molecule has 1 heterocycles. The summed E-state index contributed by atoms with van der Waals surface area (Å²) >= 11 is 13.4. The summed E-state index contributed by atoms with van der Waals surface area (Å²) < 4.78 is 12.7. The minimum absolute atomic E-state index is 0.0796. The second-order valence-corrected chi connectivity index (χ2v) is 9.37. The van der Waals surface area contributed by atoms with E-state index in [1.165, 1.54) is 18.0 Å². The summed E-state index contributed by atoms with van der Waals surface area (Å²) in [5.74, 6) is 1.63. The predicted octanol–water partition coefficient (Wildman–Crippen LogP) is 5.89. The molecule has 11 heteroatoms. The molecule has 0 aliphatic carbocycles. The third-order valence-corrected chi connectivity index (χ3v) is 6.48. The van der Waals surface area contributed by atoms with Crippen LogP contribution in [0.3, 0.4) is 0 Å². The molecule has 3 aromatic carbocycles. The number of rotatable bonds is 10. The zero-order valence-electron chi connectivity index (χ0n) is 20.0. The first-order chi connectivity index (χ1) is 18.0. The Morgan fingerprint density at radius 3 is 2.41 bits per heavy atom. The summed E-state index contributed by atoms with van der Waals surface area (Å²) in [6.07, 6.45) is 1.54. The highest BCUT2D eigenvalue weighted by Crippen LogP contribution is 2.30. The van der Waals surface area contributed by atoms with Gasteiger partial charge in [-0.1, -0.05) is 35.0 Å². The van der Waals surface area contributed by atoms with Gasteiger partial charge in [-0.15, -0.1) is 10.2 Å². The fourth-order valence-corrected chi connectivity index (χ4v) is 4.35. The van der Waals surface area contributed by atoms with Gasteiger partial charge in [0.05, 0.1) is 25.7 Å². The van der Waals surface area contributed by atoms with Crippen LogP contribution in [-0.4, -0.2) is 46.4 Å². The second kappa shape index (κ2) is 12.6. The summed E-state index contributed by atoms with van der Waals surface area (Å²) in [6, 6.07) is 20.0. The van der Waals surface area contributed by atoms with E-state index in [0.717, 1.165) is 16.8 Å². The van der Waals surface area contributed by atoms with Crippen molar-refractivity contribution in [2.24, 2.45) is 5.10 Å². The molecule has 0 fully saturated rings. The van der Waals surface area contributed by atoms with E-state index in [9.17, 15) is 4.79 Å². The Hall–Kier alpha value is -3.53. The Balaban J connectivity index is 1.46. The van der Waals surface area contributed by atoms with Crippen LogP contribution in [0, 0.1) is 0 Å². The average molecular weight is 556 g/mol. The van der Waals surface area contributed by atoms with Crippen LogP contribution >= 0.6 is 35.0 Å². The Morgan fingerprint density at radius 1 is 1.03 bits per heavy atom. The first-order valence-corrected chi connectivity index (χ1v) is 13.0. The number of nitrogens with zero attached hydrogens (tertiary/aromatic N) is 4. The highest BCUT2D eigenvalue weighted by molar-refractivity contribution is 7.99. The number of ether oxygens (including phenoxy) is 2. The number of halogens is 2. The van der Waals surface area contributed by atoms with E-state index >= 15 is 0 Å². The Kier molecular flexibility index (Phi) is 9.05. The molecule has 0 saturated carbocycles. The summed E-state index contributed by atoms with van der Waals surface area (Å²) in [7, 11) is 1.57. The van der Waals surface area contributed by atoms with E-state index in [2.05, 4.69) is 20.7 Å². The van der Waals surface area contributed by atoms with Crippen molar-refractivity contribution >= 4 is 47.1 Å². The third kappa shape index (κ3) is 6.82. The lowest BCUT2D eigenvalue weighted by atomic mass is 10.2. The monoisotopic (exact) mass is 555 g/mol. The molecule has 0 aliphatic rings. The van der Waals surface area contributed by atoms with E-state index in [1.807, 2.05) is 41.8 Å². The van der Waals surface area contributed by atoms with E-state index < -0.39 is 0 Å². The summed E-state index contributed by atoms with van der Waals surface area (Å²) in [5.41, 5.74) is 4.93. The number of hydrogen-bond acceptors (Lipinski definition) is 7. The van der Waals surface area contributed by atoms with Gasteiger partial charge in [-0.3, -0.25) is 9.36 Å². The maximum Gasteiger partial charge on any atom is 0.250 e. The molecule has 1 N–H and O–H groups in total. The van der Waals surface area contributed by atoms with Gasteiger partial charge in [0, 0.05) is 21.3 Å². The highest BCUT2D eigenvalue weighted by Gasteiger charge is 2.17. The molecule has 1 amide bonds. The number of carbonyl (C=O) groups is 1. The van der Waals surface area contributed by atoms with Crippen molar-refractivity contribution in [1.29, 1.82) is 0 Å². The normalized spacial score (nSPS) is 11.0. The van der Waals surface area contributed by atoms with E-state index in [4.69, 9.17) is 32.7 Å². The van der Waals surface area contributed by atoms with Crippen molar-refractivity contribution in [3.8, 4) is 28.6 Å². The van der Waals surface area contributed by atoms with Crippen molar-refractivity contribution in [1.82, 2.24) is 20.2 Å². The van der Waals surface area contributed by atoms with Crippen molar-refractivity contribution in [2.45, 2.75) is 12.1 Å².